The number of carboxylic acids is 1. The predicted molar refractivity (Wildman–Crippen MR) is 71.7 cm³/mol. The van der Waals surface area contributed by atoms with E-state index in [0.29, 0.717) is 5.75 Å². The van der Waals surface area contributed by atoms with E-state index >= 15 is 0 Å². The number of rotatable bonds is 5. The van der Waals surface area contributed by atoms with E-state index in [1.54, 1.807) is 12.1 Å². The van der Waals surface area contributed by atoms with Crippen molar-refractivity contribution >= 4 is 5.97 Å². The van der Waals surface area contributed by atoms with E-state index in [0.717, 1.165) is 12.8 Å². The second-order valence-electron chi connectivity index (χ2n) is 4.15. The van der Waals surface area contributed by atoms with Crippen molar-refractivity contribution in [2.75, 3.05) is 0 Å². The van der Waals surface area contributed by atoms with E-state index in [1.807, 2.05) is 24.3 Å². The lowest BCUT2D eigenvalue weighted by molar-refractivity contribution is 0.0687. The van der Waals surface area contributed by atoms with Crippen LogP contribution in [0.15, 0.2) is 42.6 Å². The highest BCUT2D eigenvalue weighted by Gasteiger charge is 2.12. The van der Waals surface area contributed by atoms with Gasteiger partial charge >= 0.3 is 5.97 Å². The van der Waals surface area contributed by atoms with Crippen molar-refractivity contribution in [1.29, 1.82) is 0 Å². The smallest absolute Gasteiger partial charge is 0.358 e. The maximum atomic E-state index is 11.0. The molecule has 1 aromatic heterocycles. The van der Waals surface area contributed by atoms with Crippen LogP contribution in [0.5, 0.6) is 11.5 Å². The summed E-state index contributed by atoms with van der Waals surface area (Å²) < 4.78 is 5.56. The van der Waals surface area contributed by atoms with Crippen LogP contribution >= 0.6 is 0 Å². The van der Waals surface area contributed by atoms with Gasteiger partial charge in [-0.05, 0) is 36.2 Å². The number of hydrogen-bond donors (Lipinski definition) is 1. The van der Waals surface area contributed by atoms with Gasteiger partial charge in [-0.15, -0.1) is 0 Å². The van der Waals surface area contributed by atoms with Gasteiger partial charge in [0.2, 0.25) is 0 Å². The molecule has 0 fully saturated rings. The molecule has 0 spiro atoms. The Balaban J connectivity index is 2.19. The highest BCUT2D eigenvalue weighted by Crippen LogP contribution is 2.24. The normalized spacial score (nSPS) is 10.2. The summed E-state index contributed by atoms with van der Waals surface area (Å²) in [5.41, 5.74) is 1.15. The molecule has 0 saturated heterocycles. The number of aryl methyl sites for hydroxylation is 1. The monoisotopic (exact) mass is 257 g/mol. The van der Waals surface area contributed by atoms with Crippen molar-refractivity contribution in [2.24, 2.45) is 0 Å². The summed E-state index contributed by atoms with van der Waals surface area (Å²) in [6, 6.07) is 10.9. The van der Waals surface area contributed by atoms with Crippen molar-refractivity contribution < 1.29 is 14.6 Å². The average molecular weight is 257 g/mol. The van der Waals surface area contributed by atoms with Crippen LogP contribution in [-0.4, -0.2) is 16.1 Å². The minimum atomic E-state index is -1.10. The first-order chi connectivity index (χ1) is 9.20. The lowest BCUT2D eigenvalue weighted by Crippen LogP contribution is -2.02. The van der Waals surface area contributed by atoms with Crippen molar-refractivity contribution in [3.63, 3.8) is 0 Å². The van der Waals surface area contributed by atoms with Crippen LogP contribution in [0.4, 0.5) is 0 Å². The highest BCUT2D eigenvalue weighted by molar-refractivity contribution is 5.88. The van der Waals surface area contributed by atoms with Gasteiger partial charge in [-0.1, -0.05) is 25.5 Å². The number of nitrogens with zero attached hydrogens (tertiary/aromatic N) is 1. The maximum Gasteiger partial charge on any atom is 0.358 e. The molecule has 4 heteroatoms. The highest BCUT2D eigenvalue weighted by atomic mass is 16.5. The van der Waals surface area contributed by atoms with Gasteiger partial charge < -0.3 is 9.84 Å². The first-order valence-corrected chi connectivity index (χ1v) is 6.16. The zero-order valence-corrected chi connectivity index (χ0v) is 10.7. The predicted octanol–water partition coefficient (Wildman–Crippen LogP) is 3.52. The maximum absolute atomic E-state index is 11.0. The van der Waals surface area contributed by atoms with Crippen LogP contribution < -0.4 is 4.74 Å². The van der Waals surface area contributed by atoms with Crippen LogP contribution in [0.3, 0.4) is 0 Å². The second kappa shape index (κ2) is 6.00. The minimum Gasteiger partial charge on any atom is -0.476 e. The van der Waals surface area contributed by atoms with Gasteiger partial charge in [-0.2, -0.15) is 0 Å². The minimum absolute atomic E-state index is 0.0832. The third-order valence-electron chi connectivity index (χ3n) is 2.66. The van der Waals surface area contributed by atoms with Gasteiger partial charge in [-0.25, -0.2) is 9.78 Å². The Morgan fingerprint density at radius 3 is 2.63 bits per heavy atom. The van der Waals surface area contributed by atoms with Crippen LogP contribution in [0, 0.1) is 0 Å². The molecule has 0 aliphatic carbocycles. The average Bonchev–Trinajstić information content (AvgIpc) is 2.42. The molecule has 19 heavy (non-hydrogen) atoms. The summed E-state index contributed by atoms with van der Waals surface area (Å²) in [5.74, 6) is -0.244. The number of carboxylic acid groups (broad SMARTS) is 1. The first kappa shape index (κ1) is 13.1. The molecule has 2 aromatic rings. The quantitative estimate of drug-likeness (QED) is 0.890. The summed E-state index contributed by atoms with van der Waals surface area (Å²) in [6.45, 7) is 2.12. The molecule has 1 aromatic carbocycles. The molecule has 98 valence electrons. The Morgan fingerprint density at radius 2 is 2.00 bits per heavy atom. The molecule has 0 radical (unpaired) electrons. The number of benzene rings is 1. The molecule has 0 unspecified atom stereocenters. The van der Waals surface area contributed by atoms with E-state index in [1.165, 1.54) is 11.8 Å². The van der Waals surface area contributed by atoms with Gasteiger partial charge in [-0.3, -0.25) is 0 Å². The van der Waals surface area contributed by atoms with Gasteiger partial charge in [0.05, 0.1) is 0 Å². The molecule has 1 N–H and O–H groups in total. The molecule has 0 atom stereocenters. The molecular formula is C15H15NO3. The summed E-state index contributed by atoms with van der Waals surface area (Å²) >= 11 is 0. The number of ether oxygens (including phenoxy) is 1. The zero-order valence-electron chi connectivity index (χ0n) is 10.7. The third kappa shape index (κ3) is 3.31. The standard InChI is InChI=1S/C15H15NO3/c1-2-4-11-6-8-12(9-7-11)19-13-5-3-10-16-14(13)15(17)18/h3,5-10H,2,4H2,1H3,(H,17,18). The van der Waals surface area contributed by atoms with E-state index in [4.69, 9.17) is 9.84 Å². The zero-order chi connectivity index (χ0) is 13.7. The van der Waals surface area contributed by atoms with Gasteiger partial charge in [0, 0.05) is 6.20 Å². The van der Waals surface area contributed by atoms with Gasteiger partial charge in [0.1, 0.15) is 5.75 Å². The molecule has 2 rings (SSSR count). The number of hydrogen-bond acceptors (Lipinski definition) is 3. The Hall–Kier alpha value is -2.36. The lowest BCUT2D eigenvalue weighted by Gasteiger charge is -2.08. The third-order valence-corrected chi connectivity index (χ3v) is 2.66. The molecule has 0 amide bonds. The summed E-state index contributed by atoms with van der Waals surface area (Å²) in [7, 11) is 0. The Labute approximate surface area is 111 Å². The van der Waals surface area contributed by atoms with E-state index < -0.39 is 5.97 Å². The number of aromatic carboxylic acids is 1. The molecule has 0 aliphatic rings. The summed E-state index contributed by atoms with van der Waals surface area (Å²) in [5, 5.41) is 9.02. The Morgan fingerprint density at radius 1 is 1.26 bits per heavy atom. The summed E-state index contributed by atoms with van der Waals surface area (Å²) in [4.78, 5) is 14.8. The molecule has 4 nitrogen and oxygen atoms in total. The second-order valence-corrected chi connectivity index (χ2v) is 4.15. The Kier molecular flexibility index (Phi) is 4.13. The topological polar surface area (TPSA) is 59.4 Å². The Bertz CT molecular complexity index is 564. The largest absolute Gasteiger partial charge is 0.476 e. The van der Waals surface area contributed by atoms with E-state index in [2.05, 4.69) is 11.9 Å². The SMILES string of the molecule is CCCc1ccc(Oc2cccnc2C(=O)O)cc1. The van der Waals surface area contributed by atoms with Crippen LogP contribution in [-0.2, 0) is 6.42 Å². The van der Waals surface area contributed by atoms with Crippen LogP contribution in [0.1, 0.15) is 29.4 Å². The lowest BCUT2D eigenvalue weighted by atomic mass is 10.1. The summed E-state index contributed by atoms with van der Waals surface area (Å²) in [6.07, 6.45) is 3.54. The van der Waals surface area contributed by atoms with Crippen LogP contribution in [0.2, 0.25) is 0 Å². The fourth-order valence-electron chi connectivity index (χ4n) is 1.77. The molecule has 0 saturated carbocycles. The van der Waals surface area contributed by atoms with E-state index in [9.17, 15) is 4.79 Å². The van der Waals surface area contributed by atoms with Crippen molar-refractivity contribution in [3.8, 4) is 11.5 Å². The van der Waals surface area contributed by atoms with Crippen molar-refractivity contribution in [1.82, 2.24) is 4.98 Å². The van der Waals surface area contributed by atoms with Gasteiger partial charge in [0.15, 0.2) is 11.4 Å². The number of aromatic nitrogens is 1. The van der Waals surface area contributed by atoms with Crippen molar-refractivity contribution in [2.45, 2.75) is 19.8 Å². The fraction of sp³-hybridized carbons (Fsp3) is 0.200. The van der Waals surface area contributed by atoms with Crippen LogP contribution in [0.25, 0.3) is 0 Å². The molecule has 0 bridgehead atoms. The fourth-order valence-corrected chi connectivity index (χ4v) is 1.77. The number of carbonyl (C=O) groups is 1. The first-order valence-electron chi connectivity index (χ1n) is 6.16. The number of pyridine rings is 1. The van der Waals surface area contributed by atoms with Gasteiger partial charge in [0.25, 0.3) is 0 Å². The van der Waals surface area contributed by atoms with E-state index in [-0.39, 0.29) is 11.4 Å². The molecule has 0 aliphatic heterocycles. The van der Waals surface area contributed by atoms with Crippen molar-refractivity contribution in [3.05, 3.63) is 53.9 Å². The molecule has 1 heterocycles. The molecular weight excluding hydrogens is 242 g/mol.